The van der Waals surface area contributed by atoms with Crippen molar-refractivity contribution in [3.63, 3.8) is 0 Å². The standard InChI is InChI=1S/C52H40N4O/c1-52(2,3)39-28-29-53-50(32-39)56-47-25-14-13-24-44(47)45-27-26-43(34-48(45)56)57-42-23-15-22-41(33-42)54-35-55(40-20-11-6-12-21-40)51-46(37-18-9-5-10-19-37)30-38(31-49(51)54)36-16-7-4-8-17-36/h4-34H,1-3H3. The van der Waals surface area contributed by atoms with Crippen LogP contribution in [-0.4, -0.2) is 14.1 Å². The van der Waals surface area contributed by atoms with Crippen molar-refractivity contribution in [3.05, 3.63) is 200 Å². The fourth-order valence-corrected chi connectivity index (χ4v) is 7.91. The van der Waals surface area contributed by atoms with Gasteiger partial charge in [0.25, 0.3) is 6.33 Å². The molecule has 0 aliphatic rings. The van der Waals surface area contributed by atoms with Gasteiger partial charge in [0.05, 0.1) is 33.4 Å². The monoisotopic (exact) mass is 736 g/mol. The maximum atomic E-state index is 6.74. The molecule has 0 radical (unpaired) electrons. The lowest BCUT2D eigenvalue weighted by molar-refractivity contribution is -0.572. The van der Waals surface area contributed by atoms with Crippen LogP contribution in [0.15, 0.2) is 188 Å². The average Bonchev–Trinajstić information content (AvgIpc) is 3.80. The molecule has 0 saturated carbocycles. The van der Waals surface area contributed by atoms with Crippen molar-refractivity contribution in [2.45, 2.75) is 26.2 Å². The van der Waals surface area contributed by atoms with Gasteiger partial charge in [-0.3, -0.25) is 13.7 Å². The van der Waals surface area contributed by atoms with E-state index in [4.69, 9.17) is 9.72 Å². The first kappa shape index (κ1) is 34.3. The van der Waals surface area contributed by atoms with E-state index in [2.05, 4.69) is 205 Å². The van der Waals surface area contributed by atoms with Crippen LogP contribution in [0.1, 0.15) is 26.3 Å². The van der Waals surface area contributed by atoms with E-state index in [-0.39, 0.29) is 5.41 Å². The summed E-state index contributed by atoms with van der Waals surface area (Å²) < 4.78 is 13.3. The van der Waals surface area contributed by atoms with Gasteiger partial charge in [-0.15, -0.1) is 0 Å². The van der Waals surface area contributed by atoms with Crippen LogP contribution in [0.4, 0.5) is 0 Å². The molecular weight excluding hydrogens is 697 g/mol. The molecule has 0 atom stereocenters. The van der Waals surface area contributed by atoms with Crippen molar-refractivity contribution in [1.82, 2.24) is 14.1 Å². The predicted molar refractivity (Wildman–Crippen MR) is 232 cm³/mol. The van der Waals surface area contributed by atoms with E-state index in [1.165, 1.54) is 10.9 Å². The minimum atomic E-state index is -0.00912. The third-order valence-electron chi connectivity index (χ3n) is 10.8. The Morgan fingerprint density at radius 1 is 0.544 bits per heavy atom. The number of ether oxygens (including phenoxy) is 1. The van der Waals surface area contributed by atoms with Crippen molar-refractivity contribution in [2.24, 2.45) is 0 Å². The first-order chi connectivity index (χ1) is 27.9. The van der Waals surface area contributed by atoms with E-state index >= 15 is 0 Å². The molecule has 5 nitrogen and oxygen atoms in total. The van der Waals surface area contributed by atoms with Gasteiger partial charge >= 0.3 is 0 Å². The largest absolute Gasteiger partial charge is 0.458 e. The van der Waals surface area contributed by atoms with Crippen LogP contribution in [0.2, 0.25) is 0 Å². The number of hydrogen-bond donors (Lipinski definition) is 0. The van der Waals surface area contributed by atoms with E-state index in [0.717, 1.165) is 78.4 Å². The van der Waals surface area contributed by atoms with Gasteiger partial charge in [0, 0.05) is 23.0 Å². The molecule has 57 heavy (non-hydrogen) atoms. The van der Waals surface area contributed by atoms with Crippen LogP contribution in [0.3, 0.4) is 0 Å². The van der Waals surface area contributed by atoms with E-state index in [9.17, 15) is 0 Å². The Labute approximate surface area is 332 Å². The van der Waals surface area contributed by atoms with Crippen molar-refractivity contribution < 1.29 is 9.30 Å². The molecule has 10 aromatic rings. The molecule has 0 spiro atoms. The minimum absolute atomic E-state index is 0.00912. The average molecular weight is 737 g/mol. The molecule has 3 aromatic heterocycles. The molecule has 5 heteroatoms. The highest BCUT2D eigenvalue weighted by atomic mass is 16.5. The highest BCUT2D eigenvalue weighted by Gasteiger charge is 2.21. The molecule has 0 bridgehead atoms. The number of imidazole rings is 1. The van der Waals surface area contributed by atoms with Crippen LogP contribution in [0.5, 0.6) is 11.5 Å². The lowest BCUT2D eigenvalue weighted by Gasteiger charge is -2.20. The first-order valence-corrected chi connectivity index (χ1v) is 19.4. The summed E-state index contributed by atoms with van der Waals surface area (Å²) in [4.78, 5) is 4.87. The molecule has 0 saturated heterocycles. The zero-order valence-corrected chi connectivity index (χ0v) is 32.1. The quantitative estimate of drug-likeness (QED) is 0.121. The van der Waals surface area contributed by atoms with Crippen LogP contribution in [0, 0.1) is 6.33 Å². The molecular formula is C52H40N4O. The summed E-state index contributed by atoms with van der Waals surface area (Å²) in [6, 6.07) is 63.7. The third kappa shape index (κ3) is 6.24. The normalized spacial score (nSPS) is 11.8. The van der Waals surface area contributed by atoms with Gasteiger partial charge in [0.1, 0.15) is 17.3 Å². The number of benzene rings is 7. The summed E-state index contributed by atoms with van der Waals surface area (Å²) in [6.45, 7) is 6.70. The Morgan fingerprint density at radius 2 is 1.23 bits per heavy atom. The molecule has 0 aliphatic carbocycles. The van der Waals surface area contributed by atoms with Crippen LogP contribution in [0.25, 0.3) is 72.3 Å². The van der Waals surface area contributed by atoms with Gasteiger partial charge < -0.3 is 4.74 Å². The second-order valence-electron chi connectivity index (χ2n) is 15.5. The molecule has 274 valence electrons. The van der Waals surface area contributed by atoms with Gasteiger partial charge in [0.2, 0.25) is 0 Å². The van der Waals surface area contributed by atoms with Crippen molar-refractivity contribution in [1.29, 1.82) is 0 Å². The summed E-state index contributed by atoms with van der Waals surface area (Å²) in [5.41, 5.74) is 12.0. The van der Waals surface area contributed by atoms with Gasteiger partial charge in [-0.1, -0.05) is 130 Å². The molecule has 3 heterocycles. The summed E-state index contributed by atoms with van der Waals surface area (Å²) in [6.07, 6.45) is 5.66. The second kappa shape index (κ2) is 13.8. The zero-order valence-electron chi connectivity index (χ0n) is 32.1. The SMILES string of the molecule is CC(C)(C)c1ccnc(-n2c3ccccc3c3ccc(Oc4cccc(-n5[c-][n+](-c6ccccc6)c6c(-c7ccccc7)cc(-c7ccccc7)cc65)c4)cc32)c1. The highest BCUT2D eigenvalue weighted by molar-refractivity contribution is 6.09. The van der Waals surface area contributed by atoms with Gasteiger partial charge in [0.15, 0.2) is 0 Å². The van der Waals surface area contributed by atoms with Crippen LogP contribution in [-0.2, 0) is 5.41 Å². The highest BCUT2D eigenvalue weighted by Crippen LogP contribution is 2.38. The van der Waals surface area contributed by atoms with Gasteiger partial charge in [-0.05, 0) is 100.0 Å². The van der Waals surface area contributed by atoms with E-state index < -0.39 is 0 Å². The Balaban J connectivity index is 1.12. The van der Waals surface area contributed by atoms with Gasteiger partial charge in [-0.2, -0.15) is 0 Å². The molecule has 10 rings (SSSR count). The summed E-state index contributed by atoms with van der Waals surface area (Å²) in [5.74, 6) is 2.36. The van der Waals surface area contributed by atoms with Crippen molar-refractivity contribution in [2.75, 3.05) is 0 Å². The number of para-hydroxylation sites is 2. The third-order valence-corrected chi connectivity index (χ3v) is 10.8. The summed E-state index contributed by atoms with van der Waals surface area (Å²) in [7, 11) is 0. The summed E-state index contributed by atoms with van der Waals surface area (Å²) in [5, 5.41) is 2.33. The van der Waals surface area contributed by atoms with E-state index in [1.54, 1.807) is 0 Å². The molecule has 0 N–H and O–H groups in total. The Bertz CT molecular complexity index is 3070. The molecule has 0 aliphatic heterocycles. The number of pyridine rings is 1. The number of hydrogen-bond acceptors (Lipinski definition) is 2. The zero-order chi connectivity index (χ0) is 38.5. The van der Waals surface area contributed by atoms with Crippen LogP contribution < -0.4 is 9.30 Å². The second-order valence-corrected chi connectivity index (χ2v) is 15.5. The maximum absolute atomic E-state index is 6.74. The van der Waals surface area contributed by atoms with E-state index in [1.807, 2.05) is 24.4 Å². The van der Waals surface area contributed by atoms with Crippen molar-refractivity contribution >= 4 is 32.8 Å². The predicted octanol–water partition coefficient (Wildman–Crippen LogP) is 12.6. The number of nitrogens with zero attached hydrogens (tertiary/aromatic N) is 4. The Kier molecular flexibility index (Phi) is 8.30. The smallest absolute Gasteiger partial charge is 0.269 e. The maximum Gasteiger partial charge on any atom is 0.269 e. The fourth-order valence-electron chi connectivity index (χ4n) is 7.91. The molecule has 7 aromatic carbocycles. The topological polar surface area (TPSA) is 35.9 Å². The molecule has 0 amide bonds. The number of rotatable bonds is 7. The van der Waals surface area contributed by atoms with Gasteiger partial charge in [-0.25, -0.2) is 4.98 Å². The number of fused-ring (bicyclic) bond motifs is 4. The molecule has 0 unspecified atom stereocenters. The minimum Gasteiger partial charge on any atom is -0.458 e. The van der Waals surface area contributed by atoms with E-state index in [0.29, 0.717) is 0 Å². The number of aromatic nitrogens is 4. The van der Waals surface area contributed by atoms with Crippen molar-refractivity contribution in [3.8, 4) is 50.9 Å². The lowest BCUT2D eigenvalue weighted by Crippen LogP contribution is -2.29. The summed E-state index contributed by atoms with van der Waals surface area (Å²) >= 11 is 0. The Hall–Kier alpha value is -7.24. The molecule has 0 fully saturated rings. The fraction of sp³-hybridized carbons (Fsp3) is 0.0769. The Morgan fingerprint density at radius 3 is 2.00 bits per heavy atom. The first-order valence-electron chi connectivity index (χ1n) is 19.4. The lowest BCUT2D eigenvalue weighted by atomic mass is 9.88. The van der Waals surface area contributed by atoms with Crippen LogP contribution >= 0.6 is 0 Å².